The van der Waals surface area contributed by atoms with Crippen LogP contribution in [0.1, 0.15) is 12.5 Å². The molecule has 1 aliphatic heterocycles. The summed E-state index contributed by atoms with van der Waals surface area (Å²) in [6, 6.07) is 1.29. The van der Waals surface area contributed by atoms with Gasteiger partial charge >= 0.3 is 12.0 Å². The standard InChI is InChI=1S/C13H18N2O4S/c1-2-15(11-7-19-6-10(11)12(16)17)13(18)14-5-9-3-4-20-8-9/h3-4,8,10-11H,2,5-7H2,1H3,(H,14,18)(H,16,17). The van der Waals surface area contributed by atoms with Crippen molar-refractivity contribution in [2.45, 2.75) is 19.5 Å². The summed E-state index contributed by atoms with van der Waals surface area (Å²) >= 11 is 1.57. The number of amides is 2. The molecule has 2 atom stereocenters. The van der Waals surface area contributed by atoms with E-state index in [0.29, 0.717) is 13.1 Å². The van der Waals surface area contributed by atoms with Crippen molar-refractivity contribution in [3.63, 3.8) is 0 Å². The minimum Gasteiger partial charge on any atom is -0.481 e. The van der Waals surface area contributed by atoms with Gasteiger partial charge in [0.15, 0.2) is 0 Å². The number of carbonyl (C=O) groups excluding carboxylic acids is 1. The molecule has 2 amide bonds. The van der Waals surface area contributed by atoms with Crippen LogP contribution in [0.2, 0.25) is 0 Å². The van der Waals surface area contributed by atoms with Crippen LogP contribution in [0.4, 0.5) is 4.79 Å². The van der Waals surface area contributed by atoms with E-state index in [1.165, 1.54) is 4.90 Å². The Labute approximate surface area is 121 Å². The van der Waals surface area contributed by atoms with E-state index in [1.807, 2.05) is 23.8 Å². The third-order valence-electron chi connectivity index (χ3n) is 3.39. The zero-order valence-electron chi connectivity index (χ0n) is 11.2. The zero-order chi connectivity index (χ0) is 14.5. The lowest BCUT2D eigenvalue weighted by molar-refractivity contribution is -0.142. The van der Waals surface area contributed by atoms with Crippen LogP contribution in [-0.4, -0.2) is 47.8 Å². The van der Waals surface area contributed by atoms with E-state index in [-0.39, 0.29) is 19.2 Å². The maximum absolute atomic E-state index is 12.2. The number of hydrogen-bond donors (Lipinski definition) is 2. The molecule has 0 saturated carbocycles. The summed E-state index contributed by atoms with van der Waals surface area (Å²) in [5.74, 6) is -1.57. The number of nitrogens with zero attached hydrogens (tertiary/aromatic N) is 1. The van der Waals surface area contributed by atoms with Gasteiger partial charge in [-0.1, -0.05) is 0 Å². The summed E-state index contributed by atoms with van der Waals surface area (Å²) in [7, 11) is 0. The van der Waals surface area contributed by atoms with Crippen molar-refractivity contribution in [2.75, 3.05) is 19.8 Å². The largest absolute Gasteiger partial charge is 0.481 e. The molecular formula is C13H18N2O4S. The molecule has 0 radical (unpaired) electrons. The molecule has 110 valence electrons. The number of ether oxygens (including phenoxy) is 1. The van der Waals surface area contributed by atoms with Gasteiger partial charge in [-0.25, -0.2) is 4.79 Å². The second kappa shape index (κ2) is 6.71. The van der Waals surface area contributed by atoms with Crippen LogP contribution in [0, 0.1) is 5.92 Å². The van der Waals surface area contributed by atoms with E-state index in [9.17, 15) is 9.59 Å². The SMILES string of the molecule is CCN(C(=O)NCc1ccsc1)C1COCC1C(=O)O. The van der Waals surface area contributed by atoms with E-state index < -0.39 is 17.9 Å². The fourth-order valence-corrected chi connectivity index (χ4v) is 2.96. The summed E-state index contributed by atoms with van der Waals surface area (Å²) in [5, 5.41) is 15.9. The highest BCUT2D eigenvalue weighted by Crippen LogP contribution is 2.20. The van der Waals surface area contributed by atoms with Crippen LogP contribution >= 0.6 is 11.3 Å². The Morgan fingerprint density at radius 2 is 2.35 bits per heavy atom. The van der Waals surface area contributed by atoms with Crippen LogP contribution in [0.3, 0.4) is 0 Å². The predicted molar refractivity (Wildman–Crippen MR) is 74.7 cm³/mol. The molecular weight excluding hydrogens is 280 g/mol. The summed E-state index contributed by atoms with van der Waals surface area (Å²) in [4.78, 5) is 24.9. The second-order valence-electron chi connectivity index (χ2n) is 4.63. The fraction of sp³-hybridized carbons (Fsp3) is 0.538. The maximum Gasteiger partial charge on any atom is 0.318 e. The number of carbonyl (C=O) groups is 2. The predicted octanol–water partition coefficient (Wildman–Crippen LogP) is 1.38. The van der Waals surface area contributed by atoms with Crippen LogP contribution in [0.5, 0.6) is 0 Å². The lowest BCUT2D eigenvalue weighted by Gasteiger charge is -2.29. The van der Waals surface area contributed by atoms with Gasteiger partial charge in [0.1, 0.15) is 5.92 Å². The summed E-state index contributed by atoms with van der Waals surface area (Å²) in [6.07, 6.45) is 0. The minimum absolute atomic E-state index is 0.161. The first-order valence-electron chi connectivity index (χ1n) is 6.49. The van der Waals surface area contributed by atoms with Gasteiger partial charge in [-0.05, 0) is 29.3 Å². The molecule has 1 fully saturated rings. The number of aliphatic carboxylic acids is 1. The third-order valence-corrected chi connectivity index (χ3v) is 4.13. The van der Waals surface area contributed by atoms with Crippen molar-refractivity contribution < 1.29 is 19.4 Å². The van der Waals surface area contributed by atoms with Gasteiger partial charge in [-0.15, -0.1) is 0 Å². The topological polar surface area (TPSA) is 78.9 Å². The lowest BCUT2D eigenvalue weighted by atomic mass is 10.0. The zero-order valence-corrected chi connectivity index (χ0v) is 12.1. The molecule has 0 spiro atoms. The molecule has 2 rings (SSSR count). The fourth-order valence-electron chi connectivity index (χ4n) is 2.29. The summed E-state index contributed by atoms with van der Waals surface area (Å²) < 4.78 is 5.21. The molecule has 7 heteroatoms. The average Bonchev–Trinajstić information content (AvgIpc) is 3.08. The molecule has 1 aliphatic rings. The van der Waals surface area contributed by atoms with Crippen LogP contribution in [0.25, 0.3) is 0 Å². The number of carboxylic acids is 1. The second-order valence-corrected chi connectivity index (χ2v) is 5.41. The highest BCUT2D eigenvalue weighted by atomic mass is 32.1. The van der Waals surface area contributed by atoms with Gasteiger partial charge in [0, 0.05) is 13.1 Å². The molecule has 1 aromatic heterocycles. The third kappa shape index (κ3) is 3.29. The smallest absolute Gasteiger partial charge is 0.318 e. The Bertz CT molecular complexity index is 463. The Balaban J connectivity index is 1.96. The molecule has 2 unspecified atom stereocenters. The number of rotatable bonds is 5. The van der Waals surface area contributed by atoms with Gasteiger partial charge < -0.3 is 20.1 Å². The lowest BCUT2D eigenvalue weighted by Crippen LogP contribution is -2.50. The van der Waals surface area contributed by atoms with Gasteiger partial charge in [0.05, 0.1) is 19.3 Å². The van der Waals surface area contributed by atoms with Crippen molar-refractivity contribution in [3.8, 4) is 0 Å². The van der Waals surface area contributed by atoms with Crippen molar-refractivity contribution in [1.29, 1.82) is 0 Å². The number of nitrogens with one attached hydrogen (secondary N) is 1. The van der Waals surface area contributed by atoms with Gasteiger partial charge in [0.25, 0.3) is 0 Å². The Kier molecular flexibility index (Phi) is 4.97. The van der Waals surface area contributed by atoms with E-state index in [0.717, 1.165) is 5.56 Å². The Morgan fingerprint density at radius 3 is 2.95 bits per heavy atom. The normalized spacial score (nSPS) is 21.6. The van der Waals surface area contributed by atoms with E-state index in [4.69, 9.17) is 9.84 Å². The maximum atomic E-state index is 12.2. The molecule has 0 aromatic carbocycles. The quantitative estimate of drug-likeness (QED) is 0.861. The van der Waals surface area contributed by atoms with E-state index >= 15 is 0 Å². The van der Waals surface area contributed by atoms with Crippen LogP contribution < -0.4 is 5.32 Å². The number of carboxylic acid groups (broad SMARTS) is 1. The molecule has 2 heterocycles. The Morgan fingerprint density at radius 1 is 1.55 bits per heavy atom. The molecule has 0 aliphatic carbocycles. The summed E-state index contributed by atoms with van der Waals surface area (Å²) in [5.41, 5.74) is 1.04. The highest BCUT2D eigenvalue weighted by molar-refractivity contribution is 7.07. The minimum atomic E-state index is -0.920. The molecule has 1 saturated heterocycles. The van der Waals surface area contributed by atoms with E-state index in [1.54, 1.807) is 11.3 Å². The van der Waals surface area contributed by atoms with Crippen molar-refractivity contribution in [2.24, 2.45) is 5.92 Å². The van der Waals surface area contributed by atoms with Crippen molar-refractivity contribution in [1.82, 2.24) is 10.2 Å². The number of hydrogen-bond acceptors (Lipinski definition) is 4. The average molecular weight is 298 g/mol. The molecule has 0 bridgehead atoms. The monoisotopic (exact) mass is 298 g/mol. The highest BCUT2D eigenvalue weighted by Gasteiger charge is 2.39. The van der Waals surface area contributed by atoms with Gasteiger partial charge in [0.2, 0.25) is 0 Å². The van der Waals surface area contributed by atoms with Gasteiger partial charge in [-0.3, -0.25) is 4.79 Å². The molecule has 2 N–H and O–H groups in total. The number of thiophene rings is 1. The number of urea groups is 1. The number of likely N-dealkylation sites (N-methyl/N-ethyl adjacent to an activating group) is 1. The van der Waals surface area contributed by atoms with Crippen molar-refractivity contribution in [3.05, 3.63) is 22.4 Å². The molecule has 6 nitrogen and oxygen atoms in total. The van der Waals surface area contributed by atoms with Gasteiger partial charge in [-0.2, -0.15) is 11.3 Å². The first-order chi connectivity index (χ1) is 9.63. The molecule has 20 heavy (non-hydrogen) atoms. The Hall–Kier alpha value is -1.60. The van der Waals surface area contributed by atoms with E-state index in [2.05, 4.69) is 5.32 Å². The first kappa shape index (κ1) is 14.8. The van der Waals surface area contributed by atoms with Crippen LogP contribution in [0.15, 0.2) is 16.8 Å². The molecule has 1 aromatic rings. The van der Waals surface area contributed by atoms with Crippen molar-refractivity contribution >= 4 is 23.3 Å². The van der Waals surface area contributed by atoms with Crippen LogP contribution in [-0.2, 0) is 16.1 Å². The first-order valence-corrected chi connectivity index (χ1v) is 7.43. The summed E-state index contributed by atoms with van der Waals surface area (Å²) in [6.45, 7) is 3.17.